The van der Waals surface area contributed by atoms with Crippen LogP contribution in [0.15, 0.2) is 17.5 Å². The smallest absolute Gasteiger partial charge is 0.0332 e. The molecule has 1 aliphatic rings. The van der Waals surface area contributed by atoms with E-state index in [2.05, 4.69) is 48.5 Å². The Morgan fingerprint density at radius 1 is 1.56 bits per heavy atom. The second kappa shape index (κ2) is 5.30. The molecule has 0 aliphatic carbocycles. The lowest BCUT2D eigenvalue weighted by Gasteiger charge is -2.41. The molecule has 1 aliphatic heterocycles. The molecule has 2 nitrogen and oxygen atoms in total. The van der Waals surface area contributed by atoms with Crippen LogP contribution in [0.2, 0.25) is 0 Å². The quantitative estimate of drug-likeness (QED) is 0.870. The topological polar surface area (TPSA) is 15.3 Å². The van der Waals surface area contributed by atoms with Crippen LogP contribution in [0.1, 0.15) is 25.6 Å². The number of piperazine rings is 1. The second-order valence-electron chi connectivity index (χ2n) is 5.13. The summed E-state index contributed by atoms with van der Waals surface area (Å²) in [5.41, 5.74) is 0. The van der Waals surface area contributed by atoms with E-state index in [-0.39, 0.29) is 0 Å². The molecule has 1 fully saturated rings. The molecule has 2 atom stereocenters. The summed E-state index contributed by atoms with van der Waals surface area (Å²) in [7, 11) is 0. The predicted octanol–water partition coefficient (Wildman–Crippen LogP) is 2.57. The van der Waals surface area contributed by atoms with Crippen molar-refractivity contribution in [1.29, 1.82) is 0 Å². The predicted molar refractivity (Wildman–Crippen MR) is 70.8 cm³/mol. The lowest BCUT2D eigenvalue weighted by Crippen LogP contribution is -2.56. The molecule has 2 rings (SSSR count). The standard InChI is InChI=1S/C13H22N2S/c1-10(2)13-7-14-11(3)8-15(13)9-12-5-4-6-16-12/h4-6,10-11,13-14H,7-9H2,1-3H3. The van der Waals surface area contributed by atoms with Gasteiger partial charge in [-0.2, -0.15) is 0 Å². The monoisotopic (exact) mass is 238 g/mol. The molecule has 90 valence electrons. The Balaban J connectivity index is 2.02. The van der Waals surface area contributed by atoms with Crippen LogP contribution in [-0.4, -0.2) is 30.1 Å². The van der Waals surface area contributed by atoms with Crippen LogP contribution in [0.3, 0.4) is 0 Å². The first-order valence-corrected chi connectivity index (χ1v) is 7.04. The van der Waals surface area contributed by atoms with Crippen LogP contribution in [-0.2, 0) is 6.54 Å². The Hall–Kier alpha value is -0.380. The lowest BCUT2D eigenvalue weighted by molar-refractivity contribution is 0.0966. The zero-order valence-electron chi connectivity index (χ0n) is 10.4. The van der Waals surface area contributed by atoms with E-state index in [1.165, 1.54) is 11.4 Å². The van der Waals surface area contributed by atoms with Crippen molar-refractivity contribution in [1.82, 2.24) is 10.2 Å². The van der Waals surface area contributed by atoms with Gasteiger partial charge in [-0.15, -0.1) is 11.3 Å². The minimum absolute atomic E-state index is 0.620. The Kier molecular flexibility index (Phi) is 4.00. The van der Waals surface area contributed by atoms with Gasteiger partial charge in [-0.1, -0.05) is 19.9 Å². The lowest BCUT2D eigenvalue weighted by atomic mass is 9.99. The first kappa shape index (κ1) is 12.1. The summed E-state index contributed by atoms with van der Waals surface area (Å²) in [5, 5.41) is 5.76. The van der Waals surface area contributed by atoms with E-state index in [0.717, 1.165) is 19.0 Å². The average Bonchev–Trinajstić information content (AvgIpc) is 2.70. The van der Waals surface area contributed by atoms with Gasteiger partial charge in [-0.3, -0.25) is 4.90 Å². The maximum Gasteiger partial charge on any atom is 0.0332 e. The summed E-state index contributed by atoms with van der Waals surface area (Å²) >= 11 is 1.87. The molecule has 3 heteroatoms. The second-order valence-corrected chi connectivity index (χ2v) is 6.16. The average molecular weight is 238 g/mol. The normalized spacial score (nSPS) is 27.5. The number of thiophene rings is 1. The van der Waals surface area contributed by atoms with Gasteiger partial charge in [0.25, 0.3) is 0 Å². The highest BCUT2D eigenvalue weighted by atomic mass is 32.1. The van der Waals surface area contributed by atoms with E-state index in [1.54, 1.807) is 0 Å². The van der Waals surface area contributed by atoms with E-state index in [4.69, 9.17) is 0 Å². The molecule has 1 aromatic rings. The van der Waals surface area contributed by atoms with Crippen LogP contribution in [0.4, 0.5) is 0 Å². The summed E-state index contributed by atoms with van der Waals surface area (Å²) in [6, 6.07) is 5.69. The van der Waals surface area contributed by atoms with Crippen molar-refractivity contribution >= 4 is 11.3 Å². The summed E-state index contributed by atoms with van der Waals surface area (Å²) < 4.78 is 0. The Bertz CT molecular complexity index is 308. The molecule has 1 aromatic heterocycles. The summed E-state index contributed by atoms with van der Waals surface area (Å²) in [6.45, 7) is 10.3. The zero-order chi connectivity index (χ0) is 11.5. The van der Waals surface area contributed by atoms with Gasteiger partial charge in [0.1, 0.15) is 0 Å². The molecule has 1 N–H and O–H groups in total. The van der Waals surface area contributed by atoms with Crippen molar-refractivity contribution in [2.24, 2.45) is 5.92 Å². The largest absolute Gasteiger partial charge is 0.311 e. The van der Waals surface area contributed by atoms with Crippen LogP contribution in [0, 0.1) is 5.92 Å². The third-order valence-corrected chi connectivity index (χ3v) is 4.22. The summed E-state index contributed by atoms with van der Waals surface area (Å²) in [4.78, 5) is 4.12. The van der Waals surface area contributed by atoms with Crippen molar-refractivity contribution in [3.05, 3.63) is 22.4 Å². The molecule has 0 spiro atoms. The fraction of sp³-hybridized carbons (Fsp3) is 0.692. The van der Waals surface area contributed by atoms with Crippen LogP contribution in [0.25, 0.3) is 0 Å². The van der Waals surface area contributed by atoms with Crippen molar-refractivity contribution in [3.63, 3.8) is 0 Å². The van der Waals surface area contributed by atoms with Gasteiger partial charge in [0.15, 0.2) is 0 Å². The third-order valence-electron chi connectivity index (χ3n) is 3.36. The molecule has 0 bridgehead atoms. The maximum atomic E-state index is 3.58. The summed E-state index contributed by atoms with van der Waals surface area (Å²) in [5.74, 6) is 0.722. The van der Waals surface area contributed by atoms with Crippen molar-refractivity contribution in [2.75, 3.05) is 13.1 Å². The minimum Gasteiger partial charge on any atom is -0.311 e. The first-order chi connectivity index (χ1) is 7.66. The van der Waals surface area contributed by atoms with E-state index >= 15 is 0 Å². The Morgan fingerprint density at radius 2 is 2.38 bits per heavy atom. The molecule has 2 heterocycles. The van der Waals surface area contributed by atoms with Crippen molar-refractivity contribution < 1.29 is 0 Å². The van der Waals surface area contributed by atoms with Gasteiger partial charge in [-0.25, -0.2) is 0 Å². The van der Waals surface area contributed by atoms with Crippen molar-refractivity contribution in [3.8, 4) is 0 Å². The highest BCUT2D eigenvalue weighted by Crippen LogP contribution is 2.20. The Morgan fingerprint density at radius 3 is 3.00 bits per heavy atom. The molecule has 1 saturated heterocycles. The van der Waals surface area contributed by atoms with E-state index in [9.17, 15) is 0 Å². The third kappa shape index (κ3) is 2.84. The van der Waals surface area contributed by atoms with Gasteiger partial charge in [-0.05, 0) is 24.3 Å². The highest BCUT2D eigenvalue weighted by Gasteiger charge is 2.27. The van der Waals surface area contributed by atoms with E-state index < -0.39 is 0 Å². The fourth-order valence-corrected chi connectivity index (χ4v) is 3.17. The summed E-state index contributed by atoms with van der Waals surface area (Å²) in [6.07, 6.45) is 0. The highest BCUT2D eigenvalue weighted by molar-refractivity contribution is 7.09. The van der Waals surface area contributed by atoms with Crippen LogP contribution >= 0.6 is 11.3 Å². The molecule has 0 amide bonds. The van der Waals surface area contributed by atoms with Crippen molar-refractivity contribution in [2.45, 2.75) is 39.4 Å². The first-order valence-electron chi connectivity index (χ1n) is 6.16. The number of hydrogen-bond donors (Lipinski definition) is 1. The molecular weight excluding hydrogens is 216 g/mol. The van der Waals surface area contributed by atoms with Gasteiger partial charge in [0, 0.05) is 36.6 Å². The van der Waals surface area contributed by atoms with Crippen LogP contribution in [0.5, 0.6) is 0 Å². The molecular formula is C13H22N2S. The Labute approximate surface area is 103 Å². The van der Waals surface area contributed by atoms with Gasteiger partial charge in [0.05, 0.1) is 0 Å². The van der Waals surface area contributed by atoms with E-state index in [1.807, 2.05) is 11.3 Å². The number of rotatable bonds is 3. The number of nitrogens with zero attached hydrogens (tertiary/aromatic N) is 1. The molecule has 0 radical (unpaired) electrons. The SMILES string of the molecule is CC1CN(Cc2cccs2)C(C(C)C)CN1. The van der Waals surface area contributed by atoms with Gasteiger partial charge >= 0.3 is 0 Å². The zero-order valence-corrected chi connectivity index (χ0v) is 11.3. The molecule has 2 unspecified atom stereocenters. The fourth-order valence-electron chi connectivity index (χ4n) is 2.44. The molecule has 16 heavy (non-hydrogen) atoms. The van der Waals surface area contributed by atoms with Gasteiger partial charge < -0.3 is 5.32 Å². The van der Waals surface area contributed by atoms with Crippen LogP contribution < -0.4 is 5.32 Å². The maximum absolute atomic E-state index is 3.58. The molecule has 0 saturated carbocycles. The number of nitrogens with one attached hydrogen (secondary N) is 1. The van der Waals surface area contributed by atoms with E-state index in [0.29, 0.717) is 12.1 Å². The molecule has 0 aromatic carbocycles. The minimum atomic E-state index is 0.620. The van der Waals surface area contributed by atoms with Gasteiger partial charge in [0.2, 0.25) is 0 Å². The number of hydrogen-bond acceptors (Lipinski definition) is 3.